The molecule has 0 spiro atoms. The van der Waals surface area contributed by atoms with Crippen LogP contribution in [0.2, 0.25) is 0 Å². The Kier molecular flexibility index (Phi) is 25.5. The molecule has 0 atom stereocenters. The van der Waals surface area contributed by atoms with Gasteiger partial charge in [0.05, 0.1) is 24.8 Å². The van der Waals surface area contributed by atoms with Gasteiger partial charge in [-0.1, -0.05) is 48.6 Å². The summed E-state index contributed by atoms with van der Waals surface area (Å²) >= 11 is 0. The largest absolute Gasteiger partial charge is 1.00 e. The molecule has 1 aromatic rings. The van der Waals surface area contributed by atoms with E-state index in [1.54, 1.807) is 37.3 Å². The second-order valence-electron chi connectivity index (χ2n) is 5.34. The van der Waals surface area contributed by atoms with Gasteiger partial charge in [0.25, 0.3) is 0 Å². The molecular formula is C19H20KNaO11. The minimum Gasteiger partial charge on any atom is -0.545 e. The molecule has 0 aromatic heterocycles. The maximum atomic E-state index is 10.3. The van der Waals surface area contributed by atoms with Crippen molar-refractivity contribution in [3.8, 4) is 0 Å². The molecule has 164 valence electrons. The summed E-state index contributed by atoms with van der Waals surface area (Å²) in [5.41, 5.74) is -2.52. The first-order valence-corrected chi connectivity index (χ1v) is 8.01. The molecule has 1 aromatic carbocycles. The van der Waals surface area contributed by atoms with Gasteiger partial charge in [-0.2, -0.15) is 0 Å². The zero-order valence-electron chi connectivity index (χ0n) is 17.8. The Morgan fingerprint density at radius 1 is 0.906 bits per heavy atom. The SMILES string of the molecule is C/C=C/C=C/C(=O)[O-].O=C(O)CC(O)(CC(=O)O)C(=O)O.O=C([O-])c1ccccc1.[K+].[Na+]. The average molecular weight is 486 g/mol. The van der Waals surface area contributed by atoms with Crippen LogP contribution >= 0.6 is 0 Å². The van der Waals surface area contributed by atoms with Gasteiger partial charge in [0.15, 0.2) is 5.60 Å². The van der Waals surface area contributed by atoms with Gasteiger partial charge in [-0.15, -0.1) is 0 Å². The Hall–Kier alpha value is -1.35. The number of rotatable bonds is 8. The fourth-order valence-electron chi connectivity index (χ4n) is 1.53. The van der Waals surface area contributed by atoms with E-state index in [4.69, 9.17) is 20.4 Å². The summed E-state index contributed by atoms with van der Waals surface area (Å²) in [7, 11) is 0. The van der Waals surface area contributed by atoms with Crippen molar-refractivity contribution in [2.24, 2.45) is 0 Å². The first-order valence-electron chi connectivity index (χ1n) is 8.01. The van der Waals surface area contributed by atoms with Gasteiger partial charge in [-0.05, 0) is 18.6 Å². The molecule has 0 unspecified atom stereocenters. The fraction of sp³-hybridized carbons (Fsp3) is 0.211. The van der Waals surface area contributed by atoms with Gasteiger partial charge in [0, 0.05) is 0 Å². The van der Waals surface area contributed by atoms with Crippen LogP contribution in [-0.2, 0) is 19.2 Å². The molecule has 0 amide bonds. The molecule has 0 radical (unpaired) electrons. The van der Waals surface area contributed by atoms with Crippen LogP contribution in [0.5, 0.6) is 0 Å². The molecule has 0 aliphatic rings. The van der Waals surface area contributed by atoms with Crippen molar-refractivity contribution in [1.29, 1.82) is 0 Å². The zero-order valence-corrected chi connectivity index (χ0v) is 22.9. The monoisotopic (exact) mass is 486 g/mol. The molecule has 0 saturated carbocycles. The van der Waals surface area contributed by atoms with Crippen LogP contribution in [0.1, 0.15) is 30.1 Å². The third-order valence-electron chi connectivity index (χ3n) is 2.83. The zero-order chi connectivity index (χ0) is 23.7. The number of allylic oxidation sites excluding steroid dienone is 3. The number of carbonyl (C=O) groups excluding carboxylic acids is 2. The van der Waals surface area contributed by atoms with Gasteiger partial charge in [0.1, 0.15) is 0 Å². The third-order valence-corrected chi connectivity index (χ3v) is 2.83. The summed E-state index contributed by atoms with van der Waals surface area (Å²) < 4.78 is 0. The van der Waals surface area contributed by atoms with E-state index in [1.807, 2.05) is 0 Å². The number of aromatic carboxylic acids is 1. The summed E-state index contributed by atoms with van der Waals surface area (Å²) in [4.78, 5) is 50.2. The number of aliphatic hydroxyl groups is 1. The van der Waals surface area contributed by atoms with Crippen LogP contribution in [0.4, 0.5) is 0 Å². The summed E-state index contributed by atoms with van der Waals surface area (Å²) in [6, 6.07) is 8.06. The molecular weight excluding hydrogens is 466 g/mol. The number of carboxylic acids is 5. The maximum Gasteiger partial charge on any atom is 1.00 e. The Balaban J connectivity index is -0.000000184. The fourth-order valence-corrected chi connectivity index (χ4v) is 1.53. The van der Waals surface area contributed by atoms with Crippen LogP contribution in [0, 0.1) is 0 Å². The number of hydrogen-bond acceptors (Lipinski definition) is 8. The molecule has 11 nitrogen and oxygen atoms in total. The van der Waals surface area contributed by atoms with E-state index in [0.717, 1.165) is 6.08 Å². The minimum absolute atomic E-state index is 0. The van der Waals surface area contributed by atoms with E-state index in [1.165, 1.54) is 18.2 Å². The molecule has 0 heterocycles. The molecule has 0 saturated heterocycles. The molecule has 0 bridgehead atoms. The quantitative estimate of drug-likeness (QED) is 0.154. The molecule has 32 heavy (non-hydrogen) atoms. The topological polar surface area (TPSA) is 212 Å². The van der Waals surface area contributed by atoms with Crippen LogP contribution in [-0.4, -0.2) is 55.9 Å². The summed E-state index contributed by atoms with van der Waals surface area (Å²) in [6.07, 6.45) is 3.45. The Morgan fingerprint density at radius 2 is 1.34 bits per heavy atom. The molecule has 4 N–H and O–H groups in total. The summed E-state index contributed by atoms with van der Waals surface area (Å²) in [5.74, 6) is -7.31. The van der Waals surface area contributed by atoms with E-state index < -0.39 is 48.3 Å². The molecule has 13 heteroatoms. The van der Waals surface area contributed by atoms with E-state index in [2.05, 4.69) is 0 Å². The van der Waals surface area contributed by atoms with Crippen LogP contribution < -0.4 is 91.2 Å². The van der Waals surface area contributed by atoms with Crippen molar-refractivity contribution in [3.05, 3.63) is 60.2 Å². The molecule has 1 rings (SSSR count). The smallest absolute Gasteiger partial charge is 0.545 e. The number of carbonyl (C=O) groups is 5. The van der Waals surface area contributed by atoms with Crippen LogP contribution in [0.25, 0.3) is 0 Å². The number of hydrogen-bond donors (Lipinski definition) is 4. The van der Waals surface area contributed by atoms with E-state index in [9.17, 15) is 34.2 Å². The number of carboxylic acid groups (broad SMARTS) is 5. The van der Waals surface area contributed by atoms with Crippen molar-refractivity contribution in [2.75, 3.05) is 0 Å². The van der Waals surface area contributed by atoms with E-state index >= 15 is 0 Å². The first-order chi connectivity index (χ1) is 13.9. The normalized spacial score (nSPS) is 9.69. The first kappa shape index (κ1) is 37.9. The molecule has 0 fully saturated rings. The van der Waals surface area contributed by atoms with Crippen molar-refractivity contribution >= 4 is 29.8 Å². The molecule has 0 aliphatic carbocycles. The third kappa shape index (κ3) is 21.9. The summed E-state index contributed by atoms with van der Waals surface area (Å²) in [5, 5.41) is 53.5. The van der Waals surface area contributed by atoms with Crippen molar-refractivity contribution in [1.82, 2.24) is 0 Å². The van der Waals surface area contributed by atoms with Gasteiger partial charge in [0.2, 0.25) is 0 Å². The second-order valence-corrected chi connectivity index (χ2v) is 5.34. The number of aliphatic carboxylic acids is 4. The van der Waals surface area contributed by atoms with E-state index in [0.29, 0.717) is 0 Å². The van der Waals surface area contributed by atoms with Gasteiger partial charge in [-0.25, -0.2) is 4.79 Å². The summed E-state index contributed by atoms with van der Waals surface area (Å²) in [6.45, 7) is 1.81. The Bertz CT molecular complexity index is 776. The standard InChI is InChI=1S/C7H6O2.C6H8O7.C6H8O2.K.Na/c8-7(9)6-4-2-1-3-5-6;7-3(8)1-6(13,5(11)12)2-4(9)10;1-2-3-4-5-6(7)8;;/h1-5H,(H,8,9);13H,1-2H2,(H,7,8)(H,9,10)(H,11,12);2-5H,1H3,(H,7,8);;/q;;;2*+1/p-2/b;;3-2+,5-4+;;. The number of benzene rings is 1. The van der Waals surface area contributed by atoms with Gasteiger partial charge >= 0.3 is 98.8 Å². The Morgan fingerprint density at radius 3 is 1.59 bits per heavy atom. The van der Waals surface area contributed by atoms with Crippen molar-refractivity contribution < 1.29 is 136 Å². The predicted octanol–water partition coefficient (Wildman–Crippen LogP) is -7.32. The van der Waals surface area contributed by atoms with Gasteiger partial charge in [-0.3, -0.25) is 9.59 Å². The Labute approximate surface area is 248 Å². The minimum atomic E-state index is -2.74. The van der Waals surface area contributed by atoms with Gasteiger partial charge < -0.3 is 40.2 Å². The second kappa shape index (κ2) is 21.5. The van der Waals surface area contributed by atoms with E-state index in [-0.39, 0.29) is 86.5 Å². The molecule has 0 aliphatic heterocycles. The van der Waals surface area contributed by atoms with Crippen molar-refractivity contribution in [3.63, 3.8) is 0 Å². The predicted molar refractivity (Wildman–Crippen MR) is 96.8 cm³/mol. The average Bonchev–Trinajstić information content (AvgIpc) is 2.62. The maximum absolute atomic E-state index is 10.3. The van der Waals surface area contributed by atoms with Crippen molar-refractivity contribution in [2.45, 2.75) is 25.4 Å². The van der Waals surface area contributed by atoms with Crippen LogP contribution in [0.15, 0.2) is 54.6 Å². The van der Waals surface area contributed by atoms with Crippen LogP contribution in [0.3, 0.4) is 0 Å².